The van der Waals surface area contributed by atoms with E-state index in [1.807, 2.05) is 25.3 Å². The Morgan fingerprint density at radius 2 is 1.77 bits per heavy atom. The van der Waals surface area contributed by atoms with Crippen LogP contribution in [-0.4, -0.2) is 16.7 Å². The zero-order valence-corrected chi connectivity index (χ0v) is 17.4. The number of ether oxygens (including phenoxy) is 1. The number of halogens is 3. The van der Waals surface area contributed by atoms with Crippen LogP contribution in [0.15, 0.2) is 73.1 Å². The van der Waals surface area contributed by atoms with Gasteiger partial charge in [-0.15, -0.1) is 0 Å². The number of nitrogens with one attached hydrogen (secondary N) is 1. The largest absolute Gasteiger partial charge is 0.502 e. The fourth-order valence-corrected chi connectivity index (χ4v) is 3.18. The van der Waals surface area contributed by atoms with Crippen molar-refractivity contribution < 1.29 is 23.2 Å². The van der Waals surface area contributed by atoms with Gasteiger partial charge in [0.15, 0.2) is 23.1 Å². The van der Waals surface area contributed by atoms with Crippen molar-refractivity contribution in [3.63, 3.8) is 0 Å². The molecular formula is C22H18ClF2N2O2S+. The number of aromatic nitrogens is 1. The second-order valence-corrected chi connectivity index (χ2v) is 7.19. The van der Waals surface area contributed by atoms with E-state index in [0.717, 1.165) is 5.56 Å². The van der Waals surface area contributed by atoms with Gasteiger partial charge in [0.05, 0.1) is 0 Å². The summed E-state index contributed by atoms with van der Waals surface area (Å²) >= 11 is 11.5. The molecule has 0 spiro atoms. The lowest BCUT2D eigenvalue weighted by Crippen LogP contribution is -2.38. The molecule has 0 bridgehead atoms. The lowest BCUT2D eigenvalue weighted by Gasteiger charge is -2.11. The quantitative estimate of drug-likeness (QED) is 0.215. The van der Waals surface area contributed by atoms with Gasteiger partial charge in [-0.3, -0.25) is 0 Å². The molecule has 8 heteroatoms. The molecule has 3 aromatic rings. The zero-order valence-electron chi connectivity index (χ0n) is 15.9. The molecule has 0 fully saturated rings. The Morgan fingerprint density at radius 3 is 2.37 bits per heavy atom. The number of pyridine rings is 1. The van der Waals surface area contributed by atoms with Crippen LogP contribution in [0.1, 0.15) is 11.1 Å². The second kappa shape index (κ2) is 9.65. The summed E-state index contributed by atoms with van der Waals surface area (Å²) < 4.78 is 30.8. The summed E-state index contributed by atoms with van der Waals surface area (Å²) in [6, 6.07) is 16.4. The number of thiocarbonyl (C=S) groups is 1. The molecule has 1 heterocycles. The summed E-state index contributed by atoms with van der Waals surface area (Å²) in [6.07, 6.45) is 3.57. The van der Waals surface area contributed by atoms with Gasteiger partial charge in [0, 0.05) is 27.9 Å². The molecule has 0 aliphatic carbocycles. The standard InChI is InChI=1S/C22H17ClF2N2O2S/c1-14-3-2-12-27(13-14)19(21(30)26-17-8-6-16(23)7-9-17)20(28)15-4-10-18(11-5-15)29-22(24)25/h2-13,22H,1H3,(H-,26,28,30)/p+1. The first-order valence-electron chi connectivity index (χ1n) is 8.87. The van der Waals surface area contributed by atoms with Crippen molar-refractivity contribution in [1.82, 2.24) is 0 Å². The van der Waals surface area contributed by atoms with E-state index in [-0.39, 0.29) is 16.5 Å². The molecule has 4 nitrogen and oxygen atoms in total. The van der Waals surface area contributed by atoms with Gasteiger partial charge in [-0.05, 0) is 61.5 Å². The van der Waals surface area contributed by atoms with E-state index in [4.69, 9.17) is 23.8 Å². The maximum absolute atomic E-state index is 12.4. The van der Waals surface area contributed by atoms with E-state index in [1.54, 1.807) is 35.0 Å². The third-order valence-electron chi connectivity index (χ3n) is 4.10. The summed E-state index contributed by atoms with van der Waals surface area (Å²) in [5, 5.41) is 14.7. The average molecular weight is 448 g/mol. The molecule has 0 aliphatic rings. The SMILES string of the molecule is Cc1ccc[n+](/C(C(=S)Nc2ccc(Cl)cc2)=C(\O)c2ccc(OC(F)F)cc2)c1. The number of hydrogen-bond acceptors (Lipinski definition) is 3. The Kier molecular flexibility index (Phi) is 6.97. The number of alkyl halides is 2. The van der Waals surface area contributed by atoms with E-state index < -0.39 is 6.61 Å². The van der Waals surface area contributed by atoms with Crippen LogP contribution in [0.25, 0.3) is 11.5 Å². The molecule has 1 aromatic heterocycles. The first-order chi connectivity index (χ1) is 14.3. The molecule has 2 N–H and O–H groups in total. The summed E-state index contributed by atoms with van der Waals surface area (Å²) in [4.78, 5) is 0.262. The van der Waals surface area contributed by atoms with Crippen molar-refractivity contribution in [3.05, 3.63) is 89.2 Å². The number of hydrogen-bond donors (Lipinski definition) is 2. The van der Waals surface area contributed by atoms with Crippen LogP contribution in [0, 0.1) is 6.92 Å². The number of aryl methyl sites for hydroxylation is 1. The molecular weight excluding hydrogens is 430 g/mol. The molecule has 30 heavy (non-hydrogen) atoms. The van der Waals surface area contributed by atoms with Crippen molar-refractivity contribution >= 4 is 46.0 Å². The number of anilines is 1. The van der Waals surface area contributed by atoms with Gasteiger partial charge in [-0.25, -0.2) is 0 Å². The van der Waals surface area contributed by atoms with Crippen molar-refractivity contribution in [1.29, 1.82) is 0 Å². The number of benzene rings is 2. The van der Waals surface area contributed by atoms with Crippen LogP contribution >= 0.6 is 23.8 Å². The highest BCUT2D eigenvalue weighted by Gasteiger charge is 2.24. The average Bonchev–Trinajstić information content (AvgIpc) is 2.70. The van der Waals surface area contributed by atoms with E-state index in [1.165, 1.54) is 24.3 Å². The van der Waals surface area contributed by atoms with Crippen molar-refractivity contribution in [2.75, 3.05) is 5.32 Å². The van der Waals surface area contributed by atoms with Crippen molar-refractivity contribution in [2.24, 2.45) is 0 Å². The first-order valence-corrected chi connectivity index (χ1v) is 9.66. The smallest absolute Gasteiger partial charge is 0.387 e. The highest BCUT2D eigenvalue weighted by molar-refractivity contribution is 7.81. The van der Waals surface area contributed by atoms with Gasteiger partial charge in [0.2, 0.25) is 0 Å². The summed E-state index contributed by atoms with van der Waals surface area (Å²) in [5.74, 6) is -0.131. The summed E-state index contributed by atoms with van der Waals surface area (Å²) in [6.45, 7) is -1.01. The van der Waals surface area contributed by atoms with Gasteiger partial charge < -0.3 is 15.2 Å². The third kappa shape index (κ3) is 5.52. The van der Waals surface area contributed by atoms with E-state index in [0.29, 0.717) is 22.0 Å². The summed E-state index contributed by atoms with van der Waals surface area (Å²) in [5.41, 5.74) is 2.37. The number of aliphatic hydroxyl groups excluding tert-OH is 1. The predicted molar refractivity (Wildman–Crippen MR) is 118 cm³/mol. The Labute approximate surface area is 183 Å². The maximum atomic E-state index is 12.4. The highest BCUT2D eigenvalue weighted by atomic mass is 35.5. The van der Waals surface area contributed by atoms with Gasteiger partial charge >= 0.3 is 6.61 Å². The number of nitrogens with zero attached hydrogens (tertiary/aromatic N) is 1. The van der Waals surface area contributed by atoms with Crippen LogP contribution in [0.4, 0.5) is 14.5 Å². The van der Waals surface area contributed by atoms with Crippen molar-refractivity contribution in [2.45, 2.75) is 13.5 Å². The minimum atomic E-state index is -2.92. The number of rotatable bonds is 6. The molecule has 154 valence electrons. The fourth-order valence-electron chi connectivity index (χ4n) is 2.73. The van der Waals surface area contributed by atoms with Crippen LogP contribution in [-0.2, 0) is 0 Å². The summed E-state index contributed by atoms with van der Waals surface area (Å²) in [7, 11) is 0. The topological polar surface area (TPSA) is 45.4 Å². The molecule has 0 aliphatic heterocycles. The minimum Gasteiger partial charge on any atom is -0.502 e. The lowest BCUT2D eigenvalue weighted by molar-refractivity contribution is -0.576. The molecule has 3 rings (SSSR count). The van der Waals surface area contributed by atoms with E-state index >= 15 is 0 Å². The van der Waals surface area contributed by atoms with Crippen LogP contribution in [0.3, 0.4) is 0 Å². The Hall–Kier alpha value is -3.03. The van der Waals surface area contributed by atoms with Crippen LogP contribution in [0.5, 0.6) is 5.75 Å². The molecule has 2 aromatic carbocycles. The highest BCUT2D eigenvalue weighted by Crippen LogP contribution is 2.23. The number of aliphatic hydroxyl groups is 1. The Morgan fingerprint density at radius 1 is 1.10 bits per heavy atom. The maximum Gasteiger partial charge on any atom is 0.387 e. The van der Waals surface area contributed by atoms with Gasteiger partial charge in [-0.1, -0.05) is 23.8 Å². The van der Waals surface area contributed by atoms with Gasteiger partial charge in [-0.2, -0.15) is 13.3 Å². The predicted octanol–water partition coefficient (Wildman–Crippen LogP) is 5.86. The molecule has 0 amide bonds. The second-order valence-electron chi connectivity index (χ2n) is 6.35. The molecule has 0 saturated carbocycles. The van der Waals surface area contributed by atoms with Crippen LogP contribution < -0.4 is 14.6 Å². The molecule has 0 atom stereocenters. The third-order valence-corrected chi connectivity index (χ3v) is 4.65. The lowest BCUT2D eigenvalue weighted by atomic mass is 10.1. The van der Waals surface area contributed by atoms with E-state index in [2.05, 4.69) is 10.1 Å². The van der Waals surface area contributed by atoms with Gasteiger partial charge in [0.1, 0.15) is 5.75 Å². The normalized spacial score (nSPS) is 11.8. The Bertz CT molecular complexity index is 1070. The molecule has 0 unspecified atom stereocenters. The Balaban J connectivity index is 2.01. The first kappa shape index (κ1) is 21.7. The zero-order chi connectivity index (χ0) is 21.7. The fraction of sp³-hybridized carbons (Fsp3) is 0.0909. The van der Waals surface area contributed by atoms with Crippen molar-refractivity contribution in [3.8, 4) is 5.75 Å². The van der Waals surface area contributed by atoms with Crippen LogP contribution in [0.2, 0.25) is 5.02 Å². The van der Waals surface area contributed by atoms with E-state index in [9.17, 15) is 13.9 Å². The minimum absolute atomic E-state index is 0.00632. The molecule has 0 radical (unpaired) electrons. The molecule has 0 saturated heterocycles. The van der Waals surface area contributed by atoms with Gasteiger partial charge in [0.25, 0.3) is 5.70 Å². The monoisotopic (exact) mass is 447 g/mol.